The minimum atomic E-state index is -0.670. The summed E-state index contributed by atoms with van der Waals surface area (Å²) < 4.78 is 0. The maximum atomic E-state index is 11.3. The van der Waals surface area contributed by atoms with Crippen molar-refractivity contribution in [3.8, 4) is 0 Å². The maximum absolute atomic E-state index is 11.3. The Balaban J connectivity index is 2.58. The molecule has 8 heteroatoms. The quantitative estimate of drug-likeness (QED) is 0.443. The van der Waals surface area contributed by atoms with Gasteiger partial charge < -0.3 is 0 Å². The Morgan fingerprint density at radius 2 is 2.13 bits per heavy atom. The predicted octanol–water partition coefficient (Wildman–Crippen LogP) is 0.130. The number of carbonyl (C=O) groups excluding carboxylic acids is 2. The number of nitrogens with zero attached hydrogens (tertiary/aromatic N) is 2. The van der Waals surface area contributed by atoms with Crippen LogP contribution in [0.4, 0.5) is 0 Å². The third-order valence-corrected chi connectivity index (χ3v) is 1.71. The average molecular weight is 249 g/mol. The van der Waals surface area contributed by atoms with E-state index in [-0.39, 0.29) is 16.9 Å². The largest absolute Gasteiger partial charge is 0.307 e. The number of aromatic nitrogens is 2. The summed E-state index contributed by atoms with van der Waals surface area (Å²) in [6, 6.07) is 1.43. The van der Waals surface area contributed by atoms with Gasteiger partial charge in [0.25, 0.3) is 5.91 Å². The molecule has 2 N–H and O–H groups in total. The van der Waals surface area contributed by atoms with E-state index in [2.05, 4.69) is 20.8 Å². The first-order valence-corrected chi connectivity index (χ1v) is 4.68. The van der Waals surface area contributed by atoms with Crippen molar-refractivity contribution in [2.45, 2.75) is 0 Å². The molecule has 1 heterocycles. The standard InChI is InChI=1S/C7H6Cl2N4O2/c8-3-5(14)12-13-7(15)6-10-2-1-4(9)11-6/h1-2H,3H2,(H,12,14)(H,13,15). The van der Waals surface area contributed by atoms with Crippen molar-refractivity contribution in [2.24, 2.45) is 0 Å². The van der Waals surface area contributed by atoms with Crippen molar-refractivity contribution < 1.29 is 9.59 Å². The summed E-state index contributed by atoms with van der Waals surface area (Å²) in [6.45, 7) is 0. The van der Waals surface area contributed by atoms with E-state index in [0.717, 1.165) is 0 Å². The summed E-state index contributed by atoms with van der Waals surface area (Å²) >= 11 is 10.7. The van der Waals surface area contributed by atoms with E-state index in [4.69, 9.17) is 23.2 Å². The molecule has 1 rings (SSSR count). The zero-order valence-electron chi connectivity index (χ0n) is 7.33. The molecular weight excluding hydrogens is 243 g/mol. The van der Waals surface area contributed by atoms with Crippen molar-refractivity contribution in [1.29, 1.82) is 0 Å². The maximum Gasteiger partial charge on any atom is 0.307 e. The zero-order valence-corrected chi connectivity index (χ0v) is 8.84. The average Bonchev–Trinajstić information content (AvgIpc) is 2.25. The lowest BCUT2D eigenvalue weighted by Gasteiger charge is -2.03. The fraction of sp³-hybridized carbons (Fsp3) is 0.143. The Hall–Kier alpha value is -1.40. The molecule has 0 radical (unpaired) electrons. The second kappa shape index (κ2) is 5.47. The summed E-state index contributed by atoms with van der Waals surface area (Å²) in [5.74, 6) is -1.60. The minimum Gasteiger partial charge on any atom is -0.272 e. The van der Waals surface area contributed by atoms with Gasteiger partial charge in [0.2, 0.25) is 5.82 Å². The smallest absolute Gasteiger partial charge is 0.272 e. The number of carbonyl (C=O) groups is 2. The fourth-order valence-electron chi connectivity index (χ4n) is 0.662. The normalized spacial score (nSPS) is 9.47. The van der Waals surface area contributed by atoms with Crippen LogP contribution in [0.5, 0.6) is 0 Å². The highest BCUT2D eigenvalue weighted by atomic mass is 35.5. The van der Waals surface area contributed by atoms with Gasteiger partial charge in [-0.1, -0.05) is 11.6 Å². The number of hydrogen-bond donors (Lipinski definition) is 2. The number of halogens is 2. The van der Waals surface area contributed by atoms with Crippen LogP contribution in [0.15, 0.2) is 12.3 Å². The van der Waals surface area contributed by atoms with Crippen molar-refractivity contribution in [3.05, 3.63) is 23.2 Å². The Bertz CT molecular complexity index is 385. The Morgan fingerprint density at radius 1 is 1.40 bits per heavy atom. The molecule has 0 saturated carbocycles. The number of hydrazine groups is 1. The lowest BCUT2D eigenvalue weighted by molar-refractivity contribution is -0.119. The second-order valence-electron chi connectivity index (χ2n) is 2.34. The highest BCUT2D eigenvalue weighted by molar-refractivity contribution is 6.29. The number of alkyl halides is 1. The van der Waals surface area contributed by atoms with Crippen LogP contribution >= 0.6 is 23.2 Å². The van der Waals surface area contributed by atoms with Gasteiger partial charge in [0.1, 0.15) is 11.0 Å². The van der Waals surface area contributed by atoms with Gasteiger partial charge in [-0.15, -0.1) is 11.6 Å². The van der Waals surface area contributed by atoms with Gasteiger partial charge in [0.05, 0.1) is 0 Å². The number of nitrogens with one attached hydrogen (secondary N) is 2. The summed E-state index contributed by atoms with van der Waals surface area (Å²) in [5, 5.41) is 0.138. The summed E-state index contributed by atoms with van der Waals surface area (Å²) in [7, 11) is 0. The zero-order chi connectivity index (χ0) is 11.3. The van der Waals surface area contributed by atoms with Crippen LogP contribution in [0, 0.1) is 0 Å². The van der Waals surface area contributed by atoms with E-state index >= 15 is 0 Å². The number of amides is 2. The molecule has 0 atom stereocenters. The molecule has 0 aliphatic rings. The third kappa shape index (κ3) is 3.69. The molecule has 1 aromatic heterocycles. The second-order valence-corrected chi connectivity index (χ2v) is 2.99. The van der Waals surface area contributed by atoms with Crippen LogP contribution < -0.4 is 10.9 Å². The van der Waals surface area contributed by atoms with Crippen molar-refractivity contribution in [3.63, 3.8) is 0 Å². The molecule has 6 nitrogen and oxygen atoms in total. The molecule has 1 aromatic rings. The molecule has 0 saturated heterocycles. The van der Waals surface area contributed by atoms with Crippen LogP contribution in [0.2, 0.25) is 5.15 Å². The van der Waals surface area contributed by atoms with E-state index < -0.39 is 11.8 Å². The molecule has 0 fully saturated rings. The lowest BCUT2D eigenvalue weighted by atomic mass is 10.5. The van der Waals surface area contributed by atoms with Crippen LogP contribution in [0.1, 0.15) is 10.6 Å². The Kier molecular flexibility index (Phi) is 4.26. The van der Waals surface area contributed by atoms with Crippen LogP contribution in [-0.4, -0.2) is 27.7 Å². The van der Waals surface area contributed by atoms with Crippen LogP contribution in [0.25, 0.3) is 0 Å². The summed E-state index contributed by atoms with van der Waals surface area (Å²) in [4.78, 5) is 29.2. The van der Waals surface area contributed by atoms with Gasteiger partial charge in [0.15, 0.2) is 0 Å². The third-order valence-electron chi connectivity index (χ3n) is 1.26. The molecule has 80 valence electrons. The van der Waals surface area contributed by atoms with Crippen molar-refractivity contribution in [2.75, 3.05) is 5.88 Å². The molecule has 0 bridgehead atoms. The lowest BCUT2D eigenvalue weighted by Crippen LogP contribution is -2.42. The van der Waals surface area contributed by atoms with Crippen molar-refractivity contribution >= 4 is 35.0 Å². The molecule has 0 aliphatic heterocycles. The SMILES string of the molecule is O=C(CCl)NNC(=O)c1nccc(Cl)n1. The summed E-state index contributed by atoms with van der Waals surface area (Å²) in [6.07, 6.45) is 1.33. The van der Waals surface area contributed by atoms with Crippen LogP contribution in [-0.2, 0) is 4.79 Å². The van der Waals surface area contributed by atoms with E-state index in [1.165, 1.54) is 12.3 Å². The van der Waals surface area contributed by atoms with E-state index in [1.54, 1.807) is 0 Å². The highest BCUT2D eigenvalue weighted by Crippen LogP contribution is 2.01. The monoisotopic (exact) mass is 248 g/mol. The molecular formula is C7H6Cl2N4O2. The number of rotatable bonds is 2. The molecule has 0 unspecified atom stereocenters. The first kappa shape index (κ1) is 11.7. The topological polar surface area (TPSA) is 84.0 Å². The fourth-order valence-corrected chi connectivity index (χ4v) is 0.865. The predicted molar refractivity (Wildman–Crippen MR) is 53.4 cm³/mol. The van der Waals surface area contributed by atoms with Gasteiger partial charge in [-0.2, -0.15) is 0 Å². The highest BCUT2D eigenvalue weighted by Gasteiger charge is 2.09. The van der Waals surface area contributed by atoms with Gasteiger partial charge in [-0.3, -0.25) is 20.4 Å². The van der Waals surface area contributed by atoms with E-state index in [0.29, 0.717) is 0 Å². The molecule has 15 heavy (non-hydrogen) atoms. The van der Waals surface area contributed by atoms with Gasteiger partial charge >= 0.3 is 5.91 Å². The van der Waals surface area contributed by atoms with E-state index in [9.17, 15) is 9.59 Å². The Labute approximate surface area is 95.0 Å². The van der Waals surface area contributed by atoms with Crippen LogP contribution in [0.3, 0.4) is 0 Å². The Morgan fingerprint density at radius 3 is 2.73 bits per heavy atom. The van der Waals surface area contributed by atoms with E-state index in [1.807, 2.05) is 0 Å². The van der Waals surface area contributed by atoms with Gasteiger partial charge in [-0.25, -0.2) is 9.97 Å². The molecule has 0 aliphatic carbocycles. The number of hydrogen-bond acceptors (Lipinski definition) is 4. The van der Waals surface area contributed by atoms with Crippen molar-refractivity contribution in [1.82, 2.24) is 20.8 Å². The van der Waals surface area contributed by atoms with Gasteiger partial charge in [-0.05, 0) is 6.07 Å². The first-order chi connectivity index (χ1) is 7.13. The minimum absolute atomic E-state index is 0.138. The van der Waals surface area contributed by atoms with Gasteiger partial charge in [0, 0.05) is 6.20 Å². The summed E-state index contributed by atoms with van der Waals surface area (Å²) in [5.41, 5.74) is 4.13. The molecule has 0 aromatic carbocycles. The first-order valence-electron chi connectivity index (χ1n) is 3.77. The molecule has 0 spiro atoms. The molecule has 2 amide bonds.